The lowest BCUT2D eigenvalue weighted by Crippen LogP contribution is -2.42. The molecule has 0 bridgehead atoms. The van der Waals surface area contributed by atoms with E-state index >= 15 is 0 Å². The van der Waals surface area contributed by atoms with Crippen molar-refractivity contribution in [1.82, 2.24) is 0 Å². The van der Waals surface area contributed by atoms with Crippen molar-refractivity contribution in [2.24, 2.45) is 17.3 Å². The van der Waals surface area contributed by atoms with Gasteiger partial charge in [0.25, 0.3) is 0 Å². The third-order valence-electron chi connectivity index (χ3n) is 6.25. The molecule has 0 aromatic carbocycles. The van der Waals surface area contributed by atoms with Crippen LogP contribution >= 0.6 is 0 Å². The number of carbonyl (C=O) groups excluding carboxylic acids is 1. The Hall–Kier alpha value is -0.370. The molecule has 0 spiro atoms. The molecule has 0 N–H and O–H groups in total. The average molecular weight is 220 g/mol. The van der Waals surface area contributed by atoms with Crippen molar-refractivity contribution < 1.29 is 9.53 Å². The molecule has 0 radical (unpaired) electrons. The zero-order valence-corrected chi connectivity index (χ0v) is 10.2. The van der Waals surface area contributed by atoms with E-state index in [-0.39, 0.29) is 16.6 Å². The molecule has 4 unspecified atom stereocenters. The second kappa shape index (κ2) is 2.40. The second-order valence-corrected chi connectivity index (χ2v) is 6.81. The van der Waals surface area contributed by atoms with Gasteiger partial charge in [0.05, 0.1) is 0 Å². The van der Waals surface area contributed by atoms with Gasteiger partial charge in [0.15, 0.2) is 11.4 Å². The van der Waals surface area contributed by atoms with Gasteiger partial charge in [-0.1, -0.05) is 20.3 Å². The van der Waals surface area contributed by atoms with Crippen LogP contribution in [0, 0.1) is 17.3 Å². The van der Waals surface area contributed by atoms with E-state index in [0.29, 0.717) is 11.7 Å². The van der Waals surface area contributed by atoms with Gasteiger partial charge in [-0.05, 0) is 31.6 Å². The van der Waals surface area contributed by atoms with Crippen molar-refractivity contribution in [3.05, 3.63) is 0 Å². The summed E-state index contributed by atoms with van der Waals surface area (Å²) in [4.78, 5) is 12.3. The minimum absolute atomic E-state index is 0.0505. The summed E-state index contributed by atoms with van der Waals surface area (Å²) in [7, 11) is 0. The smallest absolute Gasteiger partial charge is 0.167 e. The van der Waals surface area contributed by atoms with Crippen LogP contribution in [-0.2, 0) is 9.53 Å². The maximum Gasteiger partial charge on any atom is 0.167 e. The zero-order valence-electron chi connectivity index (χ0n) is 10.2. The van der Waals surface area contributed by atoms with Gasteiger partial charge in [0, 0.05) is 17.8 Å². The lowest BCUT2D eigenvalue weighted by Gasteiger charge is -2.35. The van der Waals surface area contributed by atoms with Crippen molar-refractivity contribution in [1.29, 1.82) is 0 Å². The van der Waals surface area contributed by atoms with E-state index in [9.17, 15) is 4.79 Å². The molecule has 4 rings (SSSR count). The molecule has 4 aliphatic rings. The van der Waals surface area contributed by atoms with Gasteiger partial charge < -0.3 is 4.74 Å². The highest BCUT2D eigenvalue weighted by Gasteiger charge is 2.89. The fourth-order valence-electron chi connectivity index (χ4n) is 5.58. The predicted octanol–water partition coefficient (Wildman–Crippen LogP) is 2.70. The summed E-state index contributed by atoms with van der Waals surface area (Å²) >= 11 is 0. The fourth-order valence-corrected chi connectivity index (χ4v) is 5.58. The van der Waals surface area contributed by atoms with Crippen LogP contribution in [0.25, 0.3) is 0 Å². The molecule has 0 aromatic rings. The number of Topliss-reactive ketones (excluding diaryl/α,β-unsaturated/α-hetero) is 1. The number of carbonyl (C=O) groups is 1. The third-order valence-corrected chi connectivity index (χ3v) is 6.25. The Balaban J connectivity index is 1.89. The van der Waals surface area contributed by atoms with Gasteiger partial charge in [0.2, 0.25) is 0 Å². The number of hydrogen-bond acceptors (Lipinski definition) is 2. The van der Waals surface area contributed by atoms with Crippen LogP contribution < -0.4 is 0 Å². The number of fused-ring (bicyclic) bond motifs is 1. The van der Waals surface area contributed by atoms with Gasteiger partial charge in [-0.2, -0.15) is 0 Å². The predicted molar refractivity (Wildman–Crippen MR) is 60.0 cm³/mol. The van der Waals surface area contributed by atoms with Gasteiger partial charge in [-0.25, -0.2) is 0 Å². The summed E-state index contributed by atoms with van der Waals surface area (Å²) in [6.45, 7) is 4.70. The summed E-state index contributed by atoms with van der Waals surface area (Å²) in [5.41, 5.74) is -0.134. The van der Waals surface area contributed by atoms with Crippen molar-refractivity contribution in [2.45, 2.75) is 63.6 Å². The van der Waals surface area contributed by atoms with Crippen LogP contribution in [-0.4, -0.2) is 17.0 Å². The normalized spacial score (nSPS) is 56.8. The first-order chi connectivity index (χ1) is 7.56. The third kappa shape index (κ3) is 0.678. The maximum absolute atomic E-state index is 12.3. The minimum Gasteiger partial charge on any atom is -0.353 e. The molecule has 0 aromatic heterocycles. The van der Waals surface area contributed by atoms with Gasteiger partial charge in [-0.3, -0.25) is 4.79 Å². The highest BCUT2D eigenvalue weighted by Crippen LogP contribution is 2.79. The Morgan fingerprint density at radius 2 is 1.94 bits per heavy atom. The van der Waals surface area contributed by atoms with Crippen LogP contribution in [0.5, 0.6) is 0 Å². The highest BCUT2D eigenvalue weighted by atomic mass is 16.6. The molecule has 1 heterocycles. The number of rotatable bonds is 0. The summed E-state index contributed by atoms with van der Waals surface area (Å²) < 4.78 is 6.18. The molecule has 16 heavy (non-hydrogen) atoms. The zero-order chi connectivity index (χ0) is 11.2. The van der Waals surface area contributed by atoms with E-state index in [1.807, 2.05) is 0 Å². The molecule has 88 valence electrons. The van der Waals surface area contributed by atoms with Crippen LogP contribution in [0.2, 0.25) is 0 Å². The van der Waals surface area contributed by atoms with Gasteiger partial charge in [0.1, 0.15) is 5.60 Å². The molecule has 3 saturated carbocycles. The average Bonchev–Trinajstić information content (AvgIpc) is 2.66. The number of ketones is 1. The first kappa shape index (κ1) is 9.64. The lowest BCUT2D eigenvalue weighted by molar-refractivity contribution is -0.126. The lowest BCUT2D eigenvalue weighted by atomic mass is 9.68. The molecule has 2 heteroatoms. The van der Waals surface area contributed by atoms with E-state index in [4.69, 9.17) is 4.74 Å². The molecule has 3 aliphatic carbocycles. The van der Waals surface area contributed by atoms with Crippen LogP contribution in [0.1, 0.15) is 52.4 Å². The van der Waals surface area contributed by atoms with Gasteiger partial charge >= 0.3 is 0 Å². The Kier molecular flexibility index (Phi) is 1.45. The summed E-state index contributed by atoms with van der Waals surface area (Å²) in [6, 6.07) is 0. The van der Waals surface area contributed by atoms with Crippen LogP contribution in [0.15, 0.2) is 0 Å². The van der Waals surface area contributed by atoms with Crippen molar-refractivity contribution >= 4 is 5.78 Å². The summed E-state index contributed by atoms with van der Waals surface area (Å²) in [6.07, 6.45) is 6.77. The van der Waals surface area contributed by atoms with Crippen molar-refractivity contribution in [3.8, 4) is 0 Å². The molecule has 2 nitrogen and oxygen atoms in total. The number of hydrogen-bond donors (Lipinski definition) is 0. The molecule has 1 saturated heterocycles. The SMILES string of the molecule is CC1(C)C2CCCC2C23OC12CCCC3=O. The van der Waals surface area contributed by atoms with E-state index in [2.05, 4.69) is 13.8 Å². The minimum atomic E-state index is -0.310. The Morgan fingerprint density at radius 1 is 1.19 bits per heavy atom. The van der Waals surface area contributed by atoms with E-state index < -0.39 is 0 Å². The molecular weight excluding hydrogens is 200 g/mol. The molecule has 0 amide bonds. The van der Waals surface area contributed by atoms with Crippen LogP contribution in [0.3, 0.4) is 0 Å². The maximum atomic E-state index is 12.3. The van der Waals surface area contributed by atoms with E-state index in [1.165, 1.54) is 19.3 Å². The topological polar surface area (TPSA) is 29.6 Å². The first-order valence-electron chi connectivity index (χ1n) is 6.80. The first-order valence-corrected chi connectivity index (χ1v) is 6.80. The van der Waals surface area contributed by atoms with Crippen molar-refractivity contribution in [3.63, 3.8) is 0 Å². The second-order valence-electron chi connectivity index (χ2n) is 6.81. The van der Waals surface area contributed by atoms with Crippen LogP contribution in [0.4, 0.5) is 0 Å². The van der Waals surface area contributed by atoms with E-state index in [1.54, 1.807) is 0 Å². The van der Waals surface area contributed by atoms with Crippen molar-refractivity contribution in [2.75, 3.05) is 0 Å². The number of epoxide rings is 1. The molecule has 4 atom stereocenters. The summed E-state index contributed by atoms with van der Waals surface area (Å²) in [5.74, 6) is 1.72. The Morgan fingerprint density at radius 3 is 2.75 bits per heavy atom. The molecule has 4 fully saturated rings. The highest BCUT2D eigenvalue weighted by molar-refractivity contribution is 5.94. The monoisotopic (exact) mass is 220 g/mol. The quantitative estimate of drug-likeness (QED) is 0.587. The molecule has 1 aliphatic heterocycles. The Bertz CT molecular complexity index is 386. The van der Waals surface area contributed by atoms with E-state index in [0.717, 1.165) is 25.2 Å². The number of ether oxygens (including phenoxy) is 1. The standard InChI is InChI=1S/C14H20O2/c1-12(2)9-5-3-6-10(9)14-11(15)7-4-8-13(12,14)16-14/h9-10H,3-8H2,1-2H3. The Labute approximate surface area is 96.7 Å². The summed E-state index contributed by atoms with van der Waals surface area (Å²) in [5, 5.41) is 0. The largest absolute Gasteiger partial charge is 0.353 e. The van der Waals surface area contributed by atoms with Gasteiger partial charge in [-0.15, -0.1) is 0 Å². The molecular formula is C14H20O2. The fraction of sp³-hybridized carbons (Fsp3) is 0.929.